The molecular formula is C88H74O7. The second-order valence-electron chi connectivity index (χ2n) is 25.5. The average molecular weight is 1240 g/mol. The molecule has 13 aromatic rings. The van der Waals surface area contributed by atoms with Crippen LogP contribution < -0.4 is 28.4 Å². The summed E-state index contributed by atoms with van der Waals surface area (Å²) in [4.78, 5) is 14.7. The Bertz CT molecular complexity index is 5040. The van der Waals surface area contributed by atoms with E-state index in [1.807, 2.05) is 60.7 Å². The van der Waals surface area contributed by atoms with Crippen LogP contribution in [-0.4, -0.2) is 41.3 Å². The van der Waals surface area contributed by atoms with Crippen molar-refractivity contribution in [3.05, 3.63) is 300 Å². The number of hydrogen-bond donors (Lipinski definition) is 0. The fourth-order valence-corrected chi connectivity index (χ4v) is 14.2. The number of benzene rings is 13. The minimum atomic E-state index is -0.360. The van der Waals surface area contributed by atoms with E-state index in [-0.39, 0.29) is 23.5 Å². The molecule has 0 aliphatic heterocycles. The zero-order chi connectivity index (χ0) is 65.3. The van der Waals surface area contributed by atoms with E-state index in [9.17, 15) is 4.79 Å². The van der Waals surface area contributed by atoms with Crippen LogP contribution >= 0.6 is 0 Å². The highest BCUT2D eigenvalue weighted by atomic mass is 16.5. The van der Waals surface area contributed by atoms with Gasteiger partial charge in [-0.25, -0.2) is 0 Å². The van der Waals surface area contributed by atoms with E-state index in [0.717, 1.165) is 144 Å². The molecule has 95 heavy (non-hydrogen) atoms. The first-order chi connectivity index (χ1) is 46.4. The Morgan fingerprint density at radius 2 is 1.02 bits per heavy atom. The van der Waals surface area contributed by atoms with Gasteiger partial charge in [0.05, 0.1) is 35.5 Å². The Labute approximate surface area is 556 Å². The van der Waals surface area contributed by atoms with Crippen molar-refractivity contribution in [2.24, 2.45) is 0 Å². The molecule has 0 radical (unpaired) electrons. The van der Waals surface area contributed by atoms with Crippen LogP contribution in [-0.2, 0) is 18.4 Å². The summed E-state index contributed by atoms with van der Waals surface area (Å²) in [5, 5.41) is 4.16. The largest absolute Gasteiger partial charge is 0.497 e. The van der Waals surface area contributed by atoms with Crippen LogP contribution in [0.3, 0.4) is 0 Å². The van der Waals surface area contributed by atoms with E-state index in [4.69, 9.17) is 28.4 Å². The third-order valence-electron chi connectivity index (χ3n) is 18.9. The highest BCUT2D eigenvalue weighted by Crippen LogP contribution is 2.58. The molecule has 0 N–H and O–H groups in total. The van der Waals surface area contributed by atoms with Gasteiger partial charge in [-0.3, -0.25) is 4.79 Å². The molecule has 0 saturated heterocycles. The van der Waals surface area contributed by atoms with E-state index in [1.165, 1.54) is 5.56 Å². The van der Waals surface area contributed by atoms with Gasteiger partial charge < -0.3 is 28.4 Å². The summed E-state index contributed by atoms with van der Waals surface area (Å²) >= 11 is 0. The number of rotatable bonds is 18. The lowest BCUT2D eigenvalue weighted by molar-refractivity contribution is 0.0991. The first kappa shape index (κ1) is 61.4. The van der Waals surface area contributed by atoms with Crippen molar-refractivity contribution >= 4 is 27.3 Å². The molecule has 0 spiro atoms. The molecule has 0 saturated carbocycles. The number of para-hydroxylation sites is 1. The van der Waals surface area contributed by atoms with Crippen LogP contribution in [0, 0.1) is 0 Å². The summed E-state index contributed by atoms with van der Waals surface area (Å²) in [5.74, 6) is 3.63. The van der Waals surface area contributed by atoms with Gasteiger partial charge in [0.25, 0.3) is 0 Å². The number of carbonyl (C=O) groups is 1. The van der Waals surface area contributed by atoms with Gasteiger partial charge in [-0.2, -0.15) is 0 Å². The molecule has 0 fully saturated rings. The summed E-state index contributed by atoms with van der Waals surface area (Å²) in [5.41, 5.74) is 20.3. The van der Waals surface area contributed by atoms with Crippen LogP contribution in [0.5, 0.6) is 34.5 Å². The Morgan fingerprint density at radius 3 is 1.76 bits per heavy atom. The maximum absolute atomic E-state index is 14.7. The van der Waals surface area contributed by atoms with Crippen LogP contribution in [0.1, 0.15) is 76.8 Å². The first-order valence-electron chi connectivity index (χ1n) is 32.4. The summed E-state index contributed by atoms with van der Waals surface area (Å²) in [6.45, 7) is 7.11. The van der Waals surface area contributed by atoms with E-state index < -0.39 is 0 Å². The molecule has 7 heteroatoms. The standard InChI is InChI=1S/C88H74O7/c1-88(2,3)64-38-36-58(37-39-64)81-63(46-55-22-11-9-12-23-55)51-76(83(60-28-21-29-65(48-60)90-4)84(81)73-32-19-20-33-79(73)92-6)70-43-41-67(95-54-56-24-13-10-14-25-56)52-74(70)72-44-45-80(93-7)87(94-8)86(72)85-77(75-53-78(89)71-31-18-17-30-69(71)75)50-62-49-66(91-5)40-42-68(62)82(85)61-35-34-57-26-15-16-27-59(57)47-61/h9-45,47-52,75H,46,53-54H2,1-8H3. The minimum Gasteiger partial charge on any atom is -0.497 e. The maximum atomic E-state index is 14.7. The summed E-state index contributed by atoms with van der Waals surface area (Å²) in [7, 11) is 8.60. The second-order valence-corrected chi connectivity index (χ2v) is 25.5. The Balaban J connectivity index is 1.17. The van der Waals surface area contributed by atoms with Crippen molar-refractivity contribution in [3.63, 3.8) is 0 Å². The fraction of sp³-hybridized carbons (Fsp3) is 0.148. The van der Waals surface area contributed by atoms with Gasteiger partial charge in [-0.15, -0.1) is 0 Å². The van der Waals surface area contributed by atoms with Crippen molar-refractivity contribution < 1.29 is 33.2 Å². The van der Waals surface area contributed by atoms with Gasteiger partial charge in [0.2, 0.25) is 0 Å². The van der Waals surface area contributed by atoms with Gasteiger partial charge in [0.15, 0.2) is 17.3 Å². The molecule has 0 bridgehead atoms. The molecule has 14 rings (SSSR count). The predicted octanol–water partition coefficient (Wildman–Crippen LogP) is 21.9. The second kappa shape index (κ2) is 26.1. The Morgan fingerprint density at radius 1 is 0.368 bits per heavy atom. The monoisotopic (exact) mass is 1240 g/mol. The molecule has 468 valence electrons. The van der Waals surface area contributed by atoms with Gasteiger partial charge in [0, 0.05) is 34.6 Å². The molecule has 1 atom stereocenters. The molecule has 0 aromatic heterocycles. The van der Waals surface area contributed by atoms with Crippen LogP contribution in [0.25, 0.3) is 99.4 Å². The SMILES string of the molecule is COc1cccc(-c2c(-c3ccc(OCc4ccccc4)cc3-c3ccc(OC)c(OC)c3-c3c(C4CC(=O)c5ccccc54)cc4cc(OC)ccc4c3-c3ccc4ccccc4c3)cc(Cc3ccccc3)c(-c3ccc(C(C)(C)C)cc3)c2-c2ccccc2OC)c1. The normalized spacial score (nSPS) is 12.8. The number of carbonyl (C=O) groups excluding carboxylic acids is 1. The average Bonchev–Trinajstić information content (AvgIpc) is 1.51. The molecule has 7 nitrogen and oxygen atoms in total. The van der Waals surface area contributed by atoms with Crippen LogP contribution in [0.4, 0.5) is 0 Å². The van der Waals surface area contributed by atoms with E-state index in [2.05, 4.69) is 221 Å². The summed E-state index contributed by atoms with van der Waals surface area (Å²) in [6.07, 6.45) is 0.863. The fourth-order valence-electron chi connectivity index (χ4n) is 14.2. The van der Waals surface area contributed by atoms with E-state index >= 15 is 0 Å². The molecule has 0 heterocycles. The maximum Gasteiger partial charge on any atom is 0.169 e. The molecule has 13 aromatic carbocycles. The number of hydrogen-bond acceptors (Lipinski definition) is 7. The quantitative estimate of drug-likeness (QED) is 0.0847. The van der Waals surface area contributed by atoms with Crippen molar-refractivity contribution in [2.75, 3.05) is 35.5 Å². The lowest BCUT2D eigenvalue weighted by Crippen LogP contribution is -2.10. The number of Topliss-reactive ketones (excluding diaryl/α,β-unsaturated/α-hetero) is 1. The lowest BCUT2D eigenvalue weighted by Gasteiger charge is -2.29. The lowest BCUT2D eigenvalue weighted by atomic mass is 9.75. The highest BCUT2D eigenvalue weighted by molar-refractivity contribution is 6.13. The zero-order valence-electron chi connectivity index (χ0n) is 54.9. The Hall–Kier alpha value is -11.2. The van der Waals surface area contributed by atoms with Gasteiger partial charge >= 0.3 is 0 Å². The third kappa shape index (κ3) is 11.7. The third-order valence-corrected chi connectivity index (χ3v) is 18.9. The van der Waals surface area contributed by atoms with Crippen molar-refractivity contribution in [3.8, 4) is 112 Å². The zero-order valence-corrected chi connectivity index (χ0v) is 54.9. The van der Waals surface area contributed by atoms with Crippen molar-refractivity contribution in [2.45, 2.75) is 51.6 Å². The predicted molar refractivity (Wildman–Crippen MR) is 388 cm³/mol. The van der Waals surface area contributed by atoms with Crippen LogP contribution in [0.2, 0.25) is 0 Å². The summed E-state index contributed by atoms with van der Waals surface area (Å²) < 4.78 is 39.0. The van der Waals surface area contributed by atoms with Gasteiger partial charge in [-0.1, -0.05) is 209 Å². The molecule has 0 amide bonds. The Kier molecular flexibility index (Phi) is 16.9. The molecule has 1 aliphatic carbocycles. The topological polar surface area (TPSA) is 72.5 Å². The van der Waals surface area contributed by atoms with Crippen molar-refractivity contribution in [1.82, 2.24) is 0 Å². The van der Waals surface area contributed by atoms with Crippen LogP contribution in [0.15, 0.2) is 261 Å². The van der Waals surface area contributed by atoms with Gasteiger partial charge in [0.1, 0.15) is 29.6 Å². The van der Waals surface area contributed by atoms with Gasteiger partial charge in [-0.05, 0) is 201 Å². The highest BCUT2D eigenvalue weighted by Gasteiger charge is 2.37. The smallest absolute Gasteiger partial charge is 0.169 e. The number of ketones is 1. The molecule has 1 aliphatic rings. The first-order valence-corrected chi connectivity index (χ1v) is 32.4. The van der Waals surface area contributed by atoms with E-state index in [1.54, 1.807) is 35.5 Å². The number of ether oxygens (including phenoxy) is 6. The molecular weight excluding hydrogens is 1170 g/mol. The molecule has 1 unspecified atom stereocenters. The number of methoxy groups -OCH3 is 5. The van der Waals surface area contributed by atoms with E-state index in [0.29, 0.717) is 36.0 Å². The van der Waals surface area contributed by atoms with Crippen molar-refractivity contribution in [1.29, 1.82) is 0 Å². The number of fused-ring (bicyclic) bond motifs is 3. The summed E-state index contributed by atoms with van der Waals surface area (Å²) in [6, 6.07) is 92.0. The minimum absolute atomic E-state index is 0.0841.